The van der Waals surface area contributed by atoms with Crippen molar-refractivity contribution < 1.29 is 14.5 Å². The van der Waals surface area contributed by atoms with Crippen molar-refractivity contribution in [2.24, 2.45) is 0 Å². The minimum atomic E-state index is -0.472. The minimum Gasteiger partial charge on any atom is -0.475 e. The van der Waals surface area contributed by atoms with E-state index < -0.39 is 5.91 Å². The number of rotatable bonds is 4. The lowest BCUT2D eigenvalue weighted by molar-refractivity contribution is -0.675. The van der Waals surface area contributed by atoms with E-state index >= 15 is 0 Å². The summed E-state index contributed by atoms with van der Waals surface area (Å²) >= 11 is 0. The van der Waals surface area contributed by atoms with Crippen LogP contribution in [0, 0.1) is 18.3 Å². The van der Waals surface area contributed by atoms with Gasteiger partial charge in [0.25, 0.3) is 11.3 Å². The van der Waals surface area contributed by atoms with Crippen LogP contribution in [0.4, 0.5) is 5.82 Å². The van der Waals surface area contributed by atoms with Crippen LogP contribution in [0.5, 0.6) is 5.88 Å². The molecule has 0 bridgehead atoms. The number of hydrogen-bond donors (Lipinski definition) is 2. The van der Waals surface area contributed by atoms with Crippen molar-refractivity contribution in [2.75, 3.05) is 5.32 Å². The summed E-state index contributed by atoms with van der Waals surface area (Å²) in [5.74, 6) is -0.249. The molecule has 0 aliphatic rings. The highest BCUT2D eigenvalue weighted by Crippen LogP contribution is 2.18. The van der Waals surface area contributed by atoms with Crippen molar-refractivity contribution in [3.8, 4) is 11.9 Å². The molecule has 0 saturated heterocycles. The van der Waals surface area contributed by atoms with Crippen LogP contribution in [0.1, 0.15) is 22.5 Å². The Labute approximate surface area is 138 Å². The second-order valence-corrected chi connectivity index (χ2v) is 5.34. The number of fused-ring (bicyclic) bond motifs is 1. The molecule has 0 aliphatic carbocycles. The van der Waals surface area contributed by atoms with Crippen LogP contribution in [-0.4, -0.2) is 20.4 Å². The van der Waals surface area contributed by atoms with E-state index in [4.69, 9.17) is 5.26 Å². The highest BCUT2D eigenvalue weighted by Gasteiger charge is 2.30. The average molecular weight is 322 g/mol. The SMILES string of the molecule is Cc1ccc(NC(=O)c2c(O)[n+](CCC#N)c3ccccn23)nc1. The molecule has 0 aliphatic heterocycles. The third kappa shape index (κ3) is 2.77. The second-order valence-electron chi connectivity index (χ2n) is 5.34. The smallest absolute Gasteiger partial charge is 0.337 e. The average Bonchev–Trinajstić information content (AvgIpc) is 2.86. The number of nitrogens with zero attached hydrogens (tertiary/aromatic N) is 4. The summed E-state index contributed by atoms with van der Waals surface area (Å²) in [6.45, 7) is 2.20. The van der Waals surface area contributed by atoms with Gasteiger partial charge in [-0.15, -0.1) is 0 Å². The van der Waals surface area contributed by atoms with E-state index in [1.54, 1.807) is 45.6 Å². The fraction of sp³-hybridized carbons (Fsp3) is 0.176. The zero-order valence-corrected chi connectivity index (χ0v) is 13.1. The van der Waals surface area contributed by atoms with E-state index in [1.807, 2.05) is 19.1 Å². The standard InChI is InChI=1S/C17H15N5O2/c1-12-6-7-13(19-11-12)20-16(23)15-17(24)22(10-4-8-18)14-5-2-3-9-21(14)15/h2-3,5-7,9,11H,4,10H2,1H3,(H-,19,20,23,24)/p+1. The molecule has 0 radical (unpaired) electrons. The maximum Gasteiger partial charge on any atom is 0.337 e. The highest BCUT2D eigenvalue weighted by atomic mass is 16.3. The molecule has 3 rings (SSSR count). The van der Waals surface area contributed by atoms with Crippen LogP contribution in [0.2, 0.25) is 0 Å². The first-order chi connectivity index (χ1) is 11.6. The Bertz CT molecular complexity index is 938. The molecule has 120 valence electrons. The van der Waals surface area contributed by atoms with Crippen LogP contribution >= 0.6 is 0 Å². The zero-order valence-electron chi connectivity index (χ0n) is 13.1. The van der Waals surface area contributed by atoms with Gasteiger partial charge in [-0.05, 0) is 24.6 Å². The number of aromatic hydroxyl groups is 1. The van der Waals surface area contributed by atoms with Gasteiger partial charge in [-0.25, -0.2) is 4.98 Å². The number of nitrogens with one attached hydrogen (secondary N) is 1. The number of hydrogen-bond acceptors (Lipinski definition) is 4. The van der Waals surface area contributed by atoms with Gasteiger partial charge >= 0.3 is 11.8 Å². The maximum absolute atomic E-state index is 12.6. The van der Waals surface area contributed by atoms with Crippen LogP contribution in [0.25, 0.3) is 5.65 Å². The van der Waals surface area contributed by atoms with Gasteiger partial charge in [0, 0.05) is 12.3 Å². The van der Waals surface area contributed by atoms with Crippen LogP contribution in [0.15, 0.2) is 42.7 Å². The lowest BCUT2D eigenvalue weighted by Crippen LogP contribution is -2.33. The first-order valence-electron chi connectivity index (χ1n) is 7.44. The Morgan fingerprint density at radius 3 is 2.96 bits per heavy atom. The number of pyridine rings is 2. The van der Waals surface area contributed by atoms with Gasteiger partial charge in [0.05, 0.1) is 18.7 Å². The number of aromatic nitrogens is 3. The summed E-state index contributed by atoms with van der Waals surface area (Å²) in [7, 11) is 0. The van der Waals surface area contributed by atoms with Crippen molar-refractivity contribution >= 4 is 17.4 Å². The van der Waals surface area contributed by atoms with Gasteiger partial charge in [0.15, 0.2) is 0 Å². The topological polar surface area (TPSA) is 94.3 Å². The molecule has 0 aromatic carbocycles. The van der Waals surface area contributed by atoms with E-state index in [2.05, 4.69) is 10.3 Å². The first-order valence-corrected chi connectivity index (χ1v) is 7.44. The molecule has 0 atom stereocenters. The Balaban J connectivity index is 2.02. The quantitative estimate of drug-likeness (QED) is 0.716. The van der Waals surface area contributed by atoms with Gasteiger partial charge < -0.3 is 10.4 Å². The lowest BCUT2D eigenvalue weighted by Gasteiger charge is -2.02. The summed E-state index contributed by atoms with van der Waals surface area (Å²) < 4.78 is 3.14. The van der Waals surface area contributed by atoms with Crippen molar-refractivity contribution in [3.63, 3.8) is 0 Å². The molecule has 2 N–H and O–H groups in total. The molecule has 0 fully saturated rings. The molecule has 3 heterocycles. The summed E-state index contributed by atoms with van der Waals surface area (Å²) in [4.78, 5) is 16.7. The van der Waals surface area contributed by atoms with Gasteiger partial charge in [0.2, 0.25) is 0 Å². The Kier molecular flexibility index (Phi) is 4.12. The van der Waals surface area contributed by atoms with Crippen molar-refractivity contribution in [2.45, 2.75) is 19.9 Å². The number of carbonyl (C=O) groups is 1. The van der Waals surface area contributed by atoms with Gasteiger partial charge in [-0.3, -0.25) is 4.79 Å². The molecule has 24 heavy (non-hydrogen) atoms. The van der Waals surface area contributed by atoms with E-state index in [0.717, 1.165) is 5.56 Å². The molecular weight excluding hydrogens is 306 g/mol. The van der Waals surface area contributed by atoms with Crippen molar-refractivity contribution in [1.29, 1.82) is 5.26 Å². The normalized spacial score (nSPS) is 10.5. The van der Waals surface area contributed by atoms with E-state index in [0.29, 0.717) is 18.0 Å². The molecule has 7 heteroatoms. The molecule has 0 spiro atoms. The predicted octanol–water partition coefficient (Wildman–Crippen LogP) is 1.80. The molecule has 1 amide bonds. The number of carbonyl (C=O) groups excluding carboxylic acids is 1. The molecule has 3 aromatic rings. The zero-order chi connectivity index (χ0) is 17.1. The number of nitriles is 1. The summed E-state index contributed by atoms with van der Waals surface area (Å²) in [5, 5.41) is 21.9. The maximum atomic E-state index is 12.6. The third-order valence-corrected chi connectivity index (χ3v) is 3.64. The largest absolute Gasteiger partial charge is 0.475 e. The summed E-state index contributed by atoms with van der Waals surface area (Å²) in [5.41, 5.74) is 1.72. The van der Waals surface area contributed by atoms with Gasteiger partial charge in [0.1, 0.15) is 12.4 Å². The van der Waals surface area contributed by atoms with Crippen LogP contribution in [0.3, 0.4) is 0 Å². The summed E-state index contributed by atoms with van der Waals surface area (Å²) in [6.07, 6.45) is 3.57. The lowest BCUT2D eigenvalue weighted by atomic mass is 10.3. The number of imidazole rings is 1. The number of amides is 1. The van der Waals surface area contributed by atoms with Crippen LogP contribution < -0.4 is 9.88 Å². The monoisotopic (exact) mass is 322 g/mol. The Hall–Kier alpha value is -3.40. The predicted molar refractivity (Wildman–Crippen MR) is 86.4 cm³/mol. The number of anilines is 1. The van der Waals surface area contributed by atoms with E-state index in [-0.39, 0.29) is 18.0 Å². The Morgan fingerprint density at radius 2 is 2.25 bits per heavy atom. The Morgan fingerprint density at radius 1 is 1.42 bits per heavy atom. The minimum absolute atomic E-state index is 0.103. The molecule has 0 unspecified atom stereocenters. The second kappa shape index (κ2) is 6.38. The number of aryl methyl sites for hydroxylation is 2. The third-order valence-electron chi connectivity index (χ3n) is 3.64. The molecule has 7 nitrogen and oxygen atoms in total. The van der Waals surface area contributed by atoms with Crippen molar-refractivity contribution in [3.05, 3.63) is 54.0 Å². The summed E-state index contributed by atoms with van der Waals surface area (Å²) in [6, 6.07) is 10.9. The highest BCUT2D eigenvalue weighted by molar-refractivity contribution is 6.04. The fourth-order valence-corrected chi connectivity index (χ4v) is 2.50. The van der Waals surface area contributed by atoms with Crippen LogP contribution in [-0.2, 0) is 6.54 Å². The van der Waals surface area contributed by atoms with Gasteiger partial charge in [-0.1, -0.05) is 12.1 Å². The molecule has 0 saturated carbocycles. The molecular formula is C17H16N5O2+. The van der Waals surface area contributed by atoms with E-state index in [1.165, 1.54) is 0 Å². The van der Waals surface area contributed by atoms with Crippen molar-refractivity contribution in [1.82, 2.24) is 9.38 Å². The molecule has 3 aromatic heterocycles. The first kappa shape index (κ1) is 15.5. The van der Waals surface area contributed by atoms with Gasteiger partial charge in [-0.2, -0.15) is 14.2 Å². The van der Waals surface area contributed by atoms with E-state index in [9.17, 15) is 9.90 Å². The fourth-order valence-electron chi connectivity index (χ4n) is 2.50.